The highest BCUT2D eigenvalue weighted by Gasteiger charge is 2.35. The summed E-state index contributed by atoms with van der Waals surface area (Å²) >= 11 is 0. The molecule has 2 aromatic carbocycles. The zero-order valence-corrected chi connectivity index (χ0v) is 22.7. The van der Waals surface area contributed by atoms with Gasteiger partial charge in [0.1, 0.15) is 5.75 Å². The fourth-order valence-corrected chi connectivity index (χ4v) is 6.42. The van der Waals surface area contributed by atoms with E-state index in [2.05, 4.69) is 61.7 Å². The predicted molar refractivity (Wildman–Crippen MR) is 146 cm³/mol. The molecule has 3 aliphatic rings. The molecule has 0 aliphatic carbocycles. The predicted octanol–water partition coefficient (Wildman–Crippen LogP) is 5.00. The van der Waals surface area contributed by atoms with Gasteiger partial charge in [-0.3, -0.25) is 14.6 Å². The van der Waals surface area contributed by atoms with Crippen LogP contribution in [0.2, 0.25) is 0 Å². The molecule has 3 saturated heterocycles. The number of likely N-dealkylation sites (tertiary alicyclic amines) is 2. The largest absolute Gasteiger partial charge is 0.573 e. The number of benzene rings is 2. The number of anilines is 1. The first-order valence-corrected chi connectivity index (χ1v) is 14.1. The van der Waals surface area contributed by atoms with E-state index in [0.29, 0.717) is 12.1 Å². The van der Waals surface area contributed by atoms with Gasteiger partial charge >= 0.3 is 6.36 Å². The first-order valence-electron chi connectivity index (χ1n) is 14.1. The Morgan fingerprint density at radius 1 is 0.872 bits per heavy atom. The zero-order valence-electron chi connectivity index (χ0n) is 22.7. The van der Waals surface area contributed by atoms with E-state index < -0.39 is 6.36 Å². The molecule has 0 bridgehead atoms. The summed E-state index contributed by atoms with van der Waals surface area (Å²) in [5.74, 6) is 0.0622. The van der Waals surface area contributed by atoms with Crippen LogP contribution in [0, 0.1) is 5.92 Å². The molecule has 212 valence electrons. The van der Waals surface area contributed by atoms with Gasteiger partial charge in [0.25, 0.3) is 0 Å². The number of carbonyl (C=O) groups excluding carboxylic acids is 1. The van der Waals surface area contributed by atoms with Crippen molar-refractivity contribution in [3.05, 3.63) is 60.2 Å². The van der Waals surface area contributed by atoms with Gasteiger partial charge in [-0.25, -0.2) is 0 Å². The summed E-state index contributed by atoms with van der Waals surface area (Å²) in [5, 5.41) is 0. The average molecular weight is 545 g/mol. The van der Waals surface area contributed by atoms with Gasteiger partial charge in [-0.2, -0.15) is 0 Å². The highest BCUT2D eigenvalue weighted by Crippen LogP contribution is 2.30. The minimum atomic E-state index is -4.69. The molecule has 0 N–H and O–H groups in total. The van der Waals surface area contributed by atoms with Crippen molar-refractivity contribution in [1.82, 2.24) is 14.7 Å². The first kappa shape index (κ1) is 27.8. The maximum Gasteiger partial charge on any atom is 0.573 e. The second kappa shape index (κ2) is 12.2. The van der Waals surface area contributed by atoms with Crippen LogP contribution in [-0.2, 0) is 11.3 Å². The first-order chi connectivity index (χ1) is 18.7. The molecular weight excluding hydrogens is 505 g/mol. The Bertz CT molecular complexity index is 1070. The number of likely N-dealkylation sites (N-methyl/N-ethyl adjacent to an activating group) is 1. The molecule has 39 heavy (non-hydrogen) atoms. The Morgan fingerprint density at radius 2 is 1.51 bits per heavy atom. The highest BCUT2D eigenvalue weighted by atomic mass is 19.4. The van der Waals surface area contributed by atoms with Gasteiger partial charge in [0, 0.05) is 69.5 Å². The molecule has 1 amide bonds. The second-order valence-electron chi connectivity index (χ2n) is 11.2. The van der Waals surface area contributed by atoms with Crippen molar-refractivity contribution in [2.24, 2.45) is 5.92 Å². The summed E-state index contributed by atoms with van der Waals surface area (Å²) in [6.07, 6.45) is 0.0618. The normalized spacial score (nSPS) is 22.0. The Kier molecular flexibility index (Phi) is 8.67. The molecule has 2 aromatic rings. The van der Waals surface area contributed by atoms with Crippen molar-refractivity contribution in [3.63, 3.8) is 0 Å². The number of hydrogen-bond donors (Lipinski definition) is 0. The summed E-state index contributed by atoms with van der Waals surface area (Å²) in [6.45, 7) is 6.30. The topological polar surface area (TPSA) is 39.3 Å². The van der Waals surface area contributed by atoms with Crippen molar-refractivity contribution in [2.75, 3.05) is 51.2 Å². The number of carbonyl (C=O) groups is 1. The Morgan fingerprint density at radius 3 is 2.15 bits per heavy atom. The molecule has 3 aliphatic heterocycles. The molecule has 9 heteroatoms. The molecule has 3 heterocycles. The second-order valence-corrected chi connectivity index (χ2v) is 11.2. The number of hydrogen-bond acceptors (Lipinski definition) is 5. The minimum Gasteiger partial charge on any atom is -0.406 e. The zero-order chi connectivity index (χ0) is 27.4. The molecule has 3 fully saturated rings. The van der Waals surface area contributed by atoms with Crippen LogP contribution in [0.3, 0.4) is 0 Å². The van der Waals surface area contributed by atoms with Crippen LogP contribution in [0.25, 0.3) is 0 Å². The number of alkyl halides is 3. The standard InChI is InChI=1S/C30H39F3N4O2/c1-34(27-13-16-35(22-27)21-23-5-3-2-4-6-23)25-14-19-37(20-15-25)29(38)24-11-17-36(18-12-24)26-7-9-28(10-8-26)39-30(31,32)33/h2-10,24-25,27H,11-22H2,1H3/t27-/m1/s1. The molecule has 6 nitrogen and oxygen atoms in total. The van der Waals surface area contributed by atoms with E-state index in [-0.39, 0.29) is 17.6 Å². The Labute approximate surface area is 229 Å². The van der Waals surface area contributed by atoms with Crippen LogP contribution >= 0.6 is 0 Å². The third kappa shape index (κ3) is 7.25. The van der Waals surface area contributed by atoms with Crippen LogP contribution in [0.5, 0.6) is 5.75 Å². The van der Waals surface area contributed by atoms with Gasteiger partial charge in [-0.05, 0) is 69.0 Å². The summed E-state index contributed by atoms with van der Waals surface area (Å²) in [7, 11) is 2.26. The highest BCUT2D eigenvalue weighted by molar-refractivity contribution is 5.79. The molecule has 0 saturated carbocycles. The minimum absolute atomic E-state index is 0.0183. The van der Waals surface area contributed by atoms with E-state index in [9.17, 15) is 18.0 Å². The SMILES string of the molecule is CN(C1CCN(C(=O)C2CCN(c3ccc(OC(F)(F)F)cc3)CC2)CC1)[C@@H]1CCN(Cc2ccccc2)C1. The third-order valence-corrected chi connectivity index (χ3v) is 8.70. The number of halogens is 3. The molecule has 1 atom stereocenters. The van der Waals surface area contributed by atoms with Crippen LogP contribution < -0.4 is 9.64 Å². The molecule has 0 unspecified atom stereocenters. The quantitative estimate of drug-likeness (QED) is 0.491. The number of rotatable bonds is 7. The number of piperidine rings is 2. The van der Waals surface area contributed by atoms with Crippen LogP contribution in [0.15, 0.2) is 54.6 Å². The van der Waals surface area contributed by atoms with E-state index >= 15 is 0 Å². The molecular formula is C30H39F3N4O2. The maximum absolute atomic E-state index is 13.3. The van der Waals surface area contributed by atoms with Crippen LogP contribution in [0.4, 0.5) is 18.9 Å². The lowest BCUT2D eigenvalue weighted by Gasteiger charge is -2.41. The van der Waals surface area contributed by atoms with E-state index in [4.69, 9.17) is 0 Å². The van der Waals surface area contributed by atoms with E-state index in [1.54, 1.807) is 12.1 Å². The van der Waals surface area contributed by atoms with E-state index in [0.717, 1.165) is 77.2 Å². The summed E-state index contributed by atoms with van der Waals surface area (Å²) in [5.41, 5.74) is 2.22. The monoisotopic (exact) mass is 544 g/mol. The number of ether oxygens (including phenoxy) is 1. The van der Waals surface area contributed by atoms with Crippen molar-refractivity contribution >= 4 is 11.6 Å². The van der Waals surface area contributed by atoms with Gasteiger partial charge in [0.2, 0.25) is 5.91 Å². The van der Waals surface area contributed by atoms with Crippen molar-refractivity contribution in [3.8, 4) is 5.75 Å². The van der Waals surface area contributed by atoms with Crippen LogP contribution in [0.1, 0.15) is 37.7 Å². The van der Waals surface area contributed by atoms with Crippen molar-refractivity contribution < 1.29 is 22.7 Å². The maximum atomic E-state index is 13.3. The smallest absolute Gasteiger partial charge is 0.406 e. The Balaban J connectivity index is 1.04. The lowest BCUT2D eigenvalue weighted by molar-refractivity contribution is -0.274. The number of amides is 1. The van der Waals surface area contributed by atoms with Gasteiger partial charge in [-0.1, -0.05) is 30.3 Å². The summed E-state index contributed by atoms with van der Waals surface area (Å²) < 4.78 is 41.2. The average Bonchev–Trinajstić information content (AvgIpc) is 3.41. The van der Waals surface area contributed by atoms with E-state index in [1.807, 2.05) is 0 Å². The third-order valence-electron chi connectivity index (χ3n) is 8.70. The van der Waals surface area contributed by atoms with Crippen molar-refractivity contribution in [2.45, 2.75) is 57.1 Å². The van der Waals surface area contributed by atoms with Gasteiger partial charge < -0.3 is 14.5 Å². The van der Waals surface area contributed by atoms with Gasteiger partial charge in [0.15, 0.2) is 0 Å². The summed E-state index contributed by atoms with van der Waals surface area (Å²) in [6, 6.07) is 17.7. The molecule has 0 aromatic heterocycles. The fraction of sp³-hybridized carbons (Fsp3) is 0.567. The number of nitrogens with zero attached hydrogens (tertiary/aromatic N) is 4. The molecule has 0 spiro atoms. The lowest BCUT2D eigenvalue weighted by atomic mass is 9.93. The van der Waals surface area contributed by atoms with E-state index in [1.165, 1.54) is 24.1 Å². The van der Waals surface area contributed by atoms with Crippen molar-refractivity contribution in [1.29, 1.82) is 0 Å². The molecule has 0 radical (unpaired) electrons. The fourth-order valence-electron chi connectivity index (χ4n) is 6.42. The van der Waals surface area contributed by atoms with Gasteiger partial charge in [0.05, 0.1) is 0 Å². The Hall–Kier alpha value is -2.78. The summed E-state index contributed by atoms with van der Waals surface area (Å²) in [4.78, 5) is 22.6. The van der Waals surface area contributed by atoms with Crippen LogP contribution in [-0.4, -0.2) is 85.4 Å². The lowest BCUT2D eigenvalue weighted by Crippen LogP contribution is -2.51. The molecule has 5 rings (SSSR count). The van der Waals surface area contributed by atoms with Gasteiger partial charge in [-0.15, -0.1) is 13.2 Å².